The molecule has 0 saturated heterocycles. The second-order valence-electron chi connectivity index (χ2n) is 8.59. The first-order valence-corrected chi connectivity index (χ1v) is 11.7. The van der Waals surface area contributed by atoms with Crippen molar-refractivity contribution >= 4 is 34.8 Å². The first kappa shape index (κ1) is 24.3. The fourth-order valence-electron chi connectivity index (χ4n) is 3.81. The second kappa shape index (κ2) is 11.0. The van der Waals surface area contributed by atoms with Crippen molar-refractivity contribution in [3.05, 3.63) is 99.0 Å². The van der Waals surface area contributed by atoms with E-state index in [2.05, 4.69) is 56.5 Å². The number of amides is 1. The number of benzene rings is 3. The van der Waals surface area contributed by atoms with E-state index in [-0.39, 0.29) is 18.5 Å². The van der Waals surface area contributed by atoms with Crippen LogP contribution in [0.1, 0.15) is 67.8 Å². The van der Waals surface area contributed by atoms with Gasteiger partial charge in [0.25, 0.3) is 0 Å². The smallest absolute Gasteiger partial charge is 0.238 e. The summed E-state index contributed by atoms with van der Waals surface area (Å²) in [6, 6.07) is 21.4. The van der Waals surface area contributed by atoms with Gasteiger partial charge in [0.2, 0.25) is 5.91 Å². The van der Waals surface area contributed by atoms with E-state index in [1.54, 1.807) is 0 Å². The summed E-state index contributed by atoms with van der Waals surface area (Å²) in [5, 5.41) is 7.93. The standard InChI is InChI=1S/C27H30Cl2N2O/c1-17(2)23-6-5-7-24(18(3)4)27(23)31-25(32)16-30-26(19-8-12-21(28)13-9-19)20-10-14-22(29)15-11-20/h5-15,17-18,26,30H,16H2,1-4H3,(H,31,32). The molecule has 3 rings (SSSR count). The molecule has 2 N–H and O–H groups in total. The van der Waals surface area contributed by atoms with Crippen LogP contribution in [0.2, 0.25) is 10.0 Å². The predicted octanol–water partition coefficient (Wildman–Crippen LogP) is 7.56. The molecule has 0 aromatic heterocycles. The summed E-state index contributed by atoms with van der Waals surface area (Å²) in [4.78, 5) is 13.0. The maximum Gasteiger partial charge on any atom is 0.238 e. The predicted molar refractivity (Wildman–Crippen MR) is 136 cm³/mol. The zero-order valence-electron chi connectivity index (χ0n) is 19.0. The van der Waals surface area contributed by atoms with E-state index in [1.165, 1.54) is 0 Å². The summed E-state index contributed by atoms with van der Waals surface area (Å²) in [7, 11) is 0. The highest BCUT2D eigenvalue weighted by Crippen LogP contribution is 2.32. The second-order valence-corrected chi connectivity index (χ2v) is 9.46. The van der Waals surface area contributed by atoms with E-state index < -0.39 is 0 Å². The Labute approximate surface area is 201 Å². The molecule has 0 spiro atoms. The van der Waals surface area contributed by atoms with E-state index in [9.17, 15) is 4.79 Å². The van der Waals surface area contributed by atoms with Crippen LogP contribution in [0.25, 0.3) is 0 Å². The lowest BCUT2D eigenvalue weighted by atomic mass is 9.92. The fourth-order valence-corrected chi connectivity index (χ4v) is 4.06. The minimum atomic E-state index is -0.166. The van der Waals surface area contributed by atoms with Gasteiger partial charge in [0.05, 0.1) is 12.6 Å². The number of nitrogens with one attached hydrogen (secondary N) is 2. The number of rotatable bonds is 8. The average Bonchev–Trinajstić information content (AvgIpc) is 2.76. The molecule has 0 unspecified atom stereocenters. The SMILES string of the molecule is CC(C)c1cccc(C(C)C)c1NC(=O)CNC(c1ccc(Cl)cc1)c1ccc(Cl)cc1. The fraction of sp³-hybridized carbons (Fsp3) is 0.296. The van der Waals surface area contributed by atoms with E-state index in [1.807, 2.05) is 48.5 Å². The third-order valence-corrected chi connectivity index (χ3v) is 6.01. The zero-order valence-corrected chi connectivity index (χ0v) is 20.5. The van der Waals surface area contributed by atoms with E-state index in [4.69, 9.17) is 23.2 Å². The first-order valence-electron chi connectivity index (χ1n) is 10.9. The number of hydrogen-bond acceptors (Lipinski definition) is 2. The molecule has 3 aromatic carbocycles. The minimum Gasteiger partial charge on any atom is -0.324 e. The van der Waals surface area contributed by atoms with Crippen molar-refractivity contribution in [2.45, 2.75) is 45.6 Å². The van der Waals surface area contributed by atoms with Crippen molar-refractivity contribution in [1.29, 1.82) is 0 Å². The lowest BCUT2D eigenvalue weighted by Gasteiger charge is -2.22. The van der Waals surface area contributed by atoms with Gasteiger partial charge >= 0.3 is 0 Å². The van der Waals surface area contributed by atoms with Crippen LogP contribution in [0.3, 0.4) is 0 Å². The van der Waals surface area contributed by atoms with Gasteiger partial charge in [-0.1, -0.05) is 93.4 Å². The van der Waals surface area contributed by atoms with Crippen LogP contribution < -0.4 is 10.6 Å². The van der Waals surface area contributed by atoms with Crippen molar-refractivity contribution < 1.29 is 4.79 Å². The quantitative estimate of drug-likeness (QED) is 0.358. The summed E-state index contributed by atoms with van der Waals surface area (Å²) >= 11 is 12.2. The molecule has 0 radical (unpaired) electrons. The summed E-state index contributed by atoms with van der Waals surface area (Å²) in [5.41, 5.74) is 5.27. The number of hydrogen-bond donors (Lipinski definition) is 2. The maximum absolute atomic E-state index is 13.0. The lowest BCUT2D eigenvalue weighted by Crippen LogP contribution is -2.32. The Morgan fingerprint density at radius 3 is 1.59 bits per heavy atom. The summed E-state index contributed by atoms with van der Waals surface area (Å²) in [6.45, 7) is 8.74. The molecule has 0 bridgehead atoms. The molecular weight excluding hydrogens is 439 g/mol. The van der Waals surface area contributed by atoms with Crippen molar-refractivity contribution in [2.24, 2.45) is 0 Å². The van der Waals surface area contributed by atoms with Crippen LogP contribution in [0.5, 0.6) is 0 Å². The van der Waals surface area contributed by atoms with Gasteiger partial charge in [-0.05, 0) is 58.4 Å². The molecule has 0 saturated carbocycles. The Morgan fingerprint density at radius 1 is 0.750 bits per heavy atom. The molecule has 1 amide bonds. The van der Waals surface area contributed by atoms with Crippen LogP contribution in [-0.4, -0.2) is 12.5 Å². The van der Waals surface area contributed by atoms with Gasteiger partial charge in [-0.25, -0.2) is 0 Å². The largest absolute Gasteiger partial charge is 0.324 e. The number of halogens is 2. The summed E-state index contributed by atoms with van der Waals surface area (Å²) in [5.74, 6) is 0.550. The molecule has 5 heteroatoms. The highest BCUT2D eigenvalue weighted by atomic mass is 35.5. The monoisotopic (exact) mass is 468 g/mol. The van der Waals surface area contributed by atoms with Gasteiger partial charge in [0, 0.05) is 15.7 Å². The Kier molecular flexibility index (Phi) is 8.36. The third-order valence-electron chi connectivity index (χ3n) is 5.51. The van der Waals surface area contributed by atoms with Gasteiger partial charge in [0.1, 0.15) is 0 Å². The van der Waals surface area contributed by atoms with Crippen LogP contribution in [-0.2, 0) is 4.79 Å². The highest BCUT2D eigenvalue weighted by molar-refractivity contribution is 6.30. The van der Waals surface area contributed by atoms with Crippen LogP contribution in [0.15, 0.2) is 66.7 Å². The molecular formula is C27H30Cl2N2O. The molecule has 0 aliphatic carbocycles. The van der Waals surface area contributed by atoms with Gasteiger partial charge in [0.15, 0.2) is 0 Å². The van der Waals surface area contributed by atoms with Crippen molar-refractivity contribution in [3.63, 3.8) is 0 Å². The molecule has 0 heterocycles. The Hall–Kier alpha value is -2.33. The van der Waals surface area contributed by atoms with E-state index in [0.717, 1.165) is 27.9 Å². The number of carbonyl (C=O) groups is 1. The third kappa shape index (κ3) is 6.13. The molecule has 0 aliphatic heterocycles. The topological polar surface area (TPSA) is 41.1 Å². The van der Waals surface area contributed by atoms with Gasteiger partial charge in [-0.15, -0.1) is 0 Å². The first-order chi connectivity index (χ1) is 15.3. The van der Waals surface area contributed by atoms with Gasteiger partial charge < -0.3 is 5.32 Å². The zero-order chi connectivity index (χ0) is 23.3. The Morgan fingerprint density at radius 2 is 1.19 bits per heavy atom. The molecule has 32 heavy (non-hydrogen) atoms. The van der Waals surface area contributed by atoms with Crippen molar-refractivity contribution in [3.8, 4) is 0 Å². The van der Waals surface area contributed by atoms with Crippen LogP contribution in [0.4, 0.5) is 5.69 Å². The van der Waals surface area contributed by atoms with E-state index in [0.29, 0.717) is 21.9 Å². The Bertz CT molecular complexity index is 973. The number of anilines is 1. The van der Waals surface area contributed by atoms with Crippen LogP contribution >= 0.6 is 23.2 Å². The molecule has 0 fully saturated rings. The normalized spacial score (nSPS) is 11.4. The number of para-hydroxylation sites is 1. The molecule has 3 nitrogen and oxygen atoms in total. The van der Waals surface area contributed by atoms with Crippen molar-refractivity contribution in [2.75, 3.05) is 11.9 Å². The van der Waals surface area contributed by atoms with Crippen molar-refractivity contribution in [1.82, 2.24) is 5.32 Å². The summed E-state index contributed by atoms with van der Waals surface area (Å²) in [6.07, 6.45) is 0. The summed E-state index contributed by atoms with van der Waals surface area (Å²) < 4.78 is 0. The maximum atomic E-state index is 13.0. The molecule has 0 atom stereocenters. The van der Waals surface area contributed by atoms with E-state index >= 15 is 0 Å². The lowest BCUT2D eigenvalue weighted by molar-refractivity contribution is -0.115. The average molecular weight is 469 g/mol. The van der Waals surface area contributed by atoms with Crippen LogP contribution in [0, 0.1) is 0 Å². The minimum absolute atomic E-state index is 0.0760. The highest BCUT2D eigenvalue weighted by Gasteiger charge is 2.18. The molecule has 0 aliphatic rings. The molecule has 3 aromatic rings. The molecule has 168 valence electrons. The van der Waals surface area contributed by atoms with Gasteiger partial charge in [-0.2, -0.15) is 0 Å². The van der Waals surface area contributed by atoms with Gasteiger partial charge in [-0.3, -0.25) is 10.1 Å². The Balaban J connectivity index is 1.82. The number of carbonyl (C=O) groups excluding carboxylic acids is 1.